The fourth-order valence-electron chi connectivity index (χ4n) is 2.63. The van der Waals surface area contributed by atoms with Crippen LogP contribution < -0.4 is 5.73 Å². The van der Waals surface area contributed by atoms with E-state index in [9.17, 15) is 4.79 Å². The van der Waals surface area contributed by atoms with E-state index >= 15 is 0 Å². The van der Waals surface area contributed by atoms with Gasteiger partial charge in [-0.1, -0.05) is 30.3 Å². The van der Waals surface area contributed by atoms with E-state index in [1.807, 2.05) is 25.2 Å². The third kappa shape index (κ3) is 2.09. The van der Waals surface area contributed by atoms with Gasteiger partial charge < -0.3 is 5.73 Å². The fourth-order valence-corrected chi connectivity index (χ4v) is 2.63. The molecule has 0 aromatic heterocycles. The molecular formula is C13H18N2O. The predicted octanol–water partition coefficient (Wildman–Crippen LogP) is 1.35. The van der Waals surface area contributed by atoms with Crippen molar-refractivity contribution in [3.05, 3.63) is 35.9 Å². The topological polar surface area (TPSA) is 46.3 Å². The Morgan fingerprint density at radius 2 is 2.06 bits per heavy atom. The molecule has 1 aliphatic rings. The van der Waals surface area contributed by atoms with Gasteiger partial charge in [-0.15, -0.1) is 0 Å². The van der Waals surface area contributed by atoms with E-state index in [0.717, 1.165) is 19.4 Å². The average molecular weight is 218 g/mol. The number of hydrogen-bond acceptors (Lipinski definition) is 2. The first kappa shape index (κ1) is 11.1. The summed E-state index contributed by atoms with van der Waals surface area (Å²) in [4.78, 5) is 13.6. The summed E-state index contributed by atoms with van der Waals surface area (Å²) in [6, 6.07) is 10.0. The van der Waals surface area contributed by atoms with Gasteiger partial charge in [0.15, 0.2) is 0 Å². The summed E-state index contributed by atoms with van der Waals surface area (Å²) in [6.45, 7) is 0.955. The SMILES string of the molecule is CN1CCC[C@H](c2ccccc2)[C@H]1C(N)=O. The molecule has 1 aromatic rings. The van der Waals surface area contributed by atoms with Crippen molar-refractivity contribution in [3.8, 4) is 0 Å². The zero-order valence-electron chi connectivity index (χ0n) is 9.60. The molecule has 86 valence electrons. The molecule has 2 rings (SSSR count). The quantitative estimate of drug-likeness (QED) is 0.814. The number of carbonyl (C=O) groups is 1. The molecule has 1 fully saturated rings. The molecule has 0 unspecified atom stereocenters. The van der Waals surface area contributed by atoms with Crippen LogP contribution in [0.1, 0.15) is 24.3 Å². The highest BCUT2D eigenvalue weighted by molar-refractivity contribution is 5.81. The maximum Gasteiger partial charge on any atom is 0.235 e. The predicted molar refractivity (Wildman–Crippen MR) is 64.0 cm³/mol. The van der Waals surface area contributed by atoms with E-state index in [0.29, 0.717) is 0 Å². The number of likely N-dealkylation sites (N-methyl/N-ethyl adjacent to an activating group) is 1. The molecule has 1 amide bonds. The van der Waals surface area contributed by atoms with Crippen LogP contribution in [0.5, 0.6) is 0 Å². The molecule has 3 heteroatoms. The number of rotatable bonds is 2. The zero-order valence-corrected chi connectivity index (χ0v) is 9.60. The number of carbonyl (C=O) groups excluding carboxylic acids is 1. The number of primary amides is 1. The summed E-state index contributed by atoms with van der Waals surface area (Å²) in [5.41, 5.74) is 6.72. The number of benzene rings is 1. The van der Waals surface area contributed by atoms with Crippen molar-refractivity contribution >= 4 is 5.91 Å². The number of piperidine rings is 1. The van der Waals surface area contributed by atoms with Crippen LogP contribution in [0.3, 0.4) is 0 Å². The van der Waals surface area contributed by atoms with Gasteiger partial charge in [-0.25, -0.2) is 0 Å². The van der Waals surface area contributed by atoms with Gasteiger partial charge in [-0.2, -0.15) is 0 Å². The lowest BCUT2D eigenvalue weighted by molar-refractivity contribution is -0.124. The number of likely N-dealkylation sites (tertiary alicyclic amines) is 1. The maximum absolute atomic E-state index is 11.5. The van der Waals surface area contributed by atoms with Crippen molar-refractivity contribution in [1.29, 1.82) is 0 Å². The van der Waals surface area contributed by atoms with Gasteiger partial charge in [-0.3, -0.25) is 9.69 Å². The van der Waals surface area contributed by atoms with E-state index < -0.39 is 0 Å². The van der Waals surface area contributed by atoms with Gasteiger partial charge in [-0.05, 0) is 32.0 Å². The highest BCUT2D eigenvalue weighted by Gasteiger charge is 2.34. The maximum atomic E-state index is 11.5. The Morgan fingerprint density at radius 1 is 1.38 bits per heavy atom. The van der Waals surface area contributed by atoms with E-state index in [1.165, 1.54) is 5.56 Å². The van der Waals surface area contributed by atoms with Crippen molar-refractivity contribution in [2.45, 2.75) is 24.8 Å². The molecule has 1 heterocycles. The van der Waals surface area contributed by atoms with Crippen LogP contribution in [-0.2, 0) is 4.79 Å². The average Bonchev–Trinajstić information content (AvgIpc) is 2.29. The van der Waals surface area contributed by atoms with Crippen LogP contribution in [-0.4, -0.2) is 30.4 Å². The van der Waals surface area contributed by atoms with Gasteiger partial charge in [0.2, 0.25) is 5.91 Å². The number of nitrogens with zero attached hydrogens (tertiary/aromatic N) is 1. The minimum Gasteiger partial charge on any atom is -0.368 e. The van der Waals surface area contributed by atoms with Crippen LogP contribution in [0.15, 0.2) is 30.3 Å². The van der Waals surface area contributed by atoms with Gasteiger partial charge >= 0.3 is 0 Å². The Labute approximate surface area is 96.2 Å². The van der Waals surface area contributed by atoms with Gasteiger partial charge in [0, 0.05) is 5.92 Å². The normalized spacial score (nSPS) is 26.6. The summed E-state index contributed by atoms with van der Waals surface area (Å²) in [6.07, 6.45) is 2.17. The van der Waals surface area contributed by atoms with Crippen molar-refractivity contribution in [3.63, 3.8) is 0 Å². The molecular weight excluding hydrogens is 200 g/mol. The third-order valence-electron chi connectivity index (χ3n) is 3.40. The Hall–Kier alpha value is -1.35. The first-order valence-corrected chi connectivity index (χ1v) is 5.74. The van der Waals surface area contributed by atoms with Crippen molar-refractivity contribution in [1.82, 2.24) is 4.90 Å². The zero-order chi connectivity index (χ0) is 11.5. The molecule has 16 heavy (non-hydrogen) atoms. The van der Waals surface area contributed by atoms with Crippen molar-refractivity contribution in [2.75, 3.05) is 13.6 Å². The van der Waals surface area contributed by atoms with Crippen molar-refractivity contribution in [2.24, 2.45) is 5.73 Å². The monoisotopic (exact) mass is 218 g/mol. The second-order valence-electron chi connectivity index (χ2n) is 4.49. The molecule has 0 bridgehead atoms. The number of nitrogens with two attached hydrogens (primary N) is 1. The molecule has 3 nitrogen and oxygen atoms in total. The number of hydrogen-bond donors (Lipinski definition) is 1. The first-order chi connectivity index (χ1) is 7.70. The Balaban J connectivity index is 2.27. The molecule has 0 aliphatic carbocycles. The van der Waals surface area contributed by atoms with Crippen LogP contribution in [0.4, 0.5) is 0 Å². The lowest BCUT2D eigenvalue weighted by Crippen LogP contribution is -2.49. The molecule has 2 N–H and O–H groups in total. The van der Waals surface area contributed by atoms with Gasteiger partial charge in [0.1, 0.15) is 0 Å². The minimum absolute atomic E-state index is 0.156. The summed E-state index contributed by atoms with van der Waals surface area (Å²) in [7, 11) is 1.98. The molecule has 0 saturated carbocycles. The van der Waals surface area contributed by atoms with E-state index in [4.69, 9.17) is 5.73 Å². The Morgan fingerprint density at radius 3 is 2.69 bits per heavy atom. The minimum atomic E-state index is -0.212. The summed E-state index contributed by atoms with van der Waals surface area (Å²) < 4.78 is 0. The van der Waals surface area contributed by atoms with Crippen molar-refractivity contribution < 1.29 is 4.79 Å². The number of amides is 1. The molecule has 1 aliphatic heterocycles. The molecule has 1 aromatic carbocycles. The highest BCUT2D eigenvalue weighted by Crippen LogP contribution is 2.31. The summed E-state index contributed by atoms with van der Waals surface area (Å²) in [5, 5.41) is 0. The first-order valence-electron chi connectivity index (χ1n) is 5.74. The third-order valence-corrected chi connectivity index (χ3v) is 3.40. The van der Waals surface area contributed by atoms with E-state index in [-0.39, 0.29) is 17.9 Å². The lowest BCUT2D eigenvalue weighted by atomic mass is 9.83. The molecule has 0 radical (unpaired) electrons. The van der Waals surface area contributed by atoms with E-state index in [1.54, 1.807) is 0 Å². The second-order valence-corrected chi connectivity index (χ2v) is 4.49. The summed E-state index contributed by atoms with van der Waals surface area (Å²) >= 11 is 0. The molecule has 2 atom stereocenters. The van der Waals surface area contributed by atoms with Crippen LogP contribution in [0.2, 0.25) is 0 Å². The Kier molecular flexibility index (Phi) is 3.25. The van der Waals surface area contributed by atoms with Crippen LogP contribution >= 0.6 is 0 Å². The van der Waals surface area contributed by atoms with E-state index in [2.05, 4.69) is 17.0 Å². The van der Waals surface area contributed by atoms with Crippen LogP contribution in [0.25, 0.3) is 0 Å². The fraction of sp³-hybridized carbons (Fsp3) is 0.462. The summed E-state index contributed by atoms with van der Waals surface area (Å²) in [5.74, 6) is 0.0357. The van der Waals surface area contributed by atoms with Crippen LogP contribution in [0, 0.1) is 0 Å². The van der Waals surface area contributed by atoms with Gasteiger partial charge in [0.05, 0.1) is 6.04 Å². The second kappa shape index (κ2) is 4.66. The standard InChI is InChI=1S/C13H18N2O/c1-15-9-5-8-11(12(15)13(14)16)10-6-3-2-4-7-10/h2-4,6-7,11-12H,5,8-9H2,1H3,(H2,14,16)/t11-,12+/m1/s1. The Bertz CT molecular complexity index is 363. The smallest absolute Gasteiger partial charge is 0.235 e. The lowest BCUT2D eigenvalue weighted by Gasteiger charge is -2.37. The van der Waals surface area contributed by atoms with Gasteiger partial charge in [0.25, 0.3) is 0 Å². The molecule has 1 saturated heterocycles. The molecule has 0 spiro atoms. The highest BCUT2D eigenvalue weighted by atomic mass is 16.1. The largest absolute Gasteiger partial charge is 0.368 e.